The lowest BCUT2D eigenvalue weighted by Gasteiger charge is -2.23. The SMILES string of the molecule is CCc1c(C(C)C)cc(C2CCc3ccccc32)cc1C(C)C. The van der Waals surface area contributed by atoms with Crippen molar-refractivity contribution in [3.8, 4) is 0 Å². The molecule has 0 nitrogen and oxygen atoms in total. The van der Waals surface area contributed by atoms with Crippen molar-refractivity contribution in [2.24, 2.45) is 0 Å². The van der Waals surface area contributed by atoms with E-state index >= 15 is 0 Å². The molecular weight excluding hydrogens is 276 g/mol. The molecule has 0 bridgehead atoms. The summed E-state index contributed by atoms with van der Waals surface area (Å²) in [6.07, 6.45) is 3.63. The number of hydrogen-bond acceptors (Lipinski definition) is 0. The van der Waals surface area contributed by atoms with Crippen LogP contribution in [-0.4, -0.2) is 0 Å². The first-order valence-corrected chi connectivity index (χ1v) is 9.27. The molecule has 1 aliphatic rings. The fourth-order valence-electron chi connectivity index (χ4n) is 4.28. The van der Waals surface area contributed by atoms with E-state index in [0.29, 0.717) is 17.8 Å². The van der Waals surface area contributed by atoms with Gasteiger partial charge >= 0.3 is 0 Å². The van der Waals surface area contributed by atoms with E-state index in [9.17, 15) is 0 Å². The van der Waals surface area contributed by atoms with E-state index in [4.69, 9.17) is 0 Å². The molecule has 0 saturated carbocycles. The second kappa shape index (κ2) is 6.51. The number of aryl methyl sites for hydroxylation is 1. The van der Waals surface area contributed by atoms with Crippen LogP contribution in [0, 0.1) is 0 Å². The average molecular weight is 306 g/mol. The van der Waals surface area contributed by atoms with Gasteiger partial charge in [0.15, 0.2) is 0 Å². The third-order valence-electron chi connectivity index (χ3n) is 5.47. The predicted octanol–water partition coefficient (Wildman–Crippen LogP) is 6.57. The Labute approximate surface area is 141 Å². The molecule has 0 N–H and O–H groups in total. The molecule has 0 spiro atoms. The fraction of sp³-hybridized carbons (Fsp3) is 0.478. The quantitative estimate of drug-likeness (QED) is 0.599. The van der Waals surface area contributed by atoms with Gasteiger partial charge in [-0.1, -0.05) is 71.0 Å². The Morgan fingerprint density at radius 2 is 1.57 bits per heavy atom. The van der Waals surface area contributed by atoms with Crippen molar-refractivity contribution in [1.29, 1.82) is 0 Å². The second-order valence-corrected chi connectivity index (χ2v) is 7.63. The van der Waals surface area contributed by atoms with Gasteiger partial charge in [0, 0.05) is 5.92 Å². The van der Waals surface area contributed by atoms with Crippen LogP contribution in [0.15, 0.2) is 36.4 Å². The topological polar surface area (TPSA) is 0 Å². The first-order valence-electron chi connectivity index (χ1n) is 9.27. The van der Waals surface area contributed by atoms with E-state index in [-0.39, 0.29) is 0 Å². The van der Waals surface area contributed by atoms with E-state index in [1.165, 1.54) is 12.8 Å². The Balaban J connectivity index is 2.14. The van der Waals surface area contributed by atoms with Crippen LogP contribution in [0.5, 0.6) is 0 Å². The van der Waals surface area contributed by atoms with Crippen LogP contribution in [0.4, 0.5) is 0 Å². The van der Waals surface area contributed by atoms with Gasteiger partial charge in [-0.25, -0.2) is 0 Å². The Morgan fingerprint density at radius 3 is 2.13 bits per heavy atom. The molecule has 0 heteroatoms. The van der Waals surface area contributed by atoms with E-state index in [1.807, 2.05) is 0 Å². The molecule has 0 amide bonds. The highest BCUT2D eigenvalue weighted by atomic mass is 14.3. The monoisotopic (exact) mass is 306 g/mol. The largest absolute Gasteiger partial charge is 0.0620 e. The van der Waals surface area contributed by atoms with E-state index in [0.717, 1.165) is 6.42 Å². The number of rotatable bonds is 4. The van der Waals surface area contributed by atoms with E-state index in [2.05, 4.69) is 71.0 Å². The highest BCUT2D eigenvalue weighted by Gasteiger charge is 2.25. The van der Waals surface area contributed by atoms with Crippen LogP contribution in [0.1, 0.15) is 92.2 Å². The summed E-state index contributed by atoms with van der Waals surface area (Å²) in [5.41, 5.74) is 9.37. The lowest BCUT2D eigenvalue weighted by atomic mass is 9.82. The summed E-state index contributed by atoms with van der Waals surface area (Å²) >= 11 is 0. The summed E-state index contributed by atoms with van der Waals surface area (Å²) in [5, 5.41) is 0. The molecule has 1 atom stereocenters. The van der Waals surface area contributed by atoms with Crippen LogP contribution in [0.25, 0.3) is 0 Å². The minimum absolute atomic E-state index is 0.590. The summed E-state index contributed by atoms with van der Waals surface area (Å²) in [6, 6.07) is 14.1. The zero-order chi connectivity index (χ0) is 16.6. The number of fused-ring (bicyclic) bond motifs is 1. The highest BCUT2D eigenvalue weighted by molar-refractivity contribution is 5.48. The molecule has 1 aliphatic carbocycles. The molecular formula is C23H30. The molecule has 23 heavy (non-hydrogen) atoms. The summed E-state index contributed by atoms with van der Waals surface area (Å²) in [4.78, 5) is 0. The standard InChI is InChI=1S/C23H30/c1-6-19-22(15(2)3)13-18(14-23(19)16(4)5)21-12-11-17-9-7-8-10-20(17)21/h7-10,13-16,21H,6,11-12H2,1-5H3. The van der Waals surface area contributed by atoms with Crippen molar-refractivity contribution in [2.45, 2.75) is 71.6 Å². The van der Waals surface area contributed by atoms with Crippen LogP contribution in [-0.2, 0) is 12.8 Å². The normalized spacial score (nSPS) is 17.1. The van der Waals surface area contributed by atoms with Crippen molar-refractivity contribution in [2.75, 3.05) is 0 Å². The third kappa shape index (κ3) is 2.96. The Hall–Kier alpha value is -1.56. The summed E-state index contributed by atoms with van der Waals surface area (Å²) in [6.45, 7) is 11.7. The second-order valence-electron chi connectivity index (χ2n) is 7.63. The van der Waals surface area contributed by atoms with Crippen molar-refractivity contribution in [3.05, 3.63) is 69.8 Å². The Kier molecular flexibility index (Phi) is 4.62. The van der Waals surface area contributed by atoms with Gasteiger partial charge in [0.2, 0.25) is 0 Å². The fourth-order valence-corrected chi connectivity index (χ4v) is 4.28. The molecule has 2 aromatic rings. The highest BCUT2D eigenvalue weighted by Crippen LogP contribution is 2.41. The lowest BCUT2D eigenvalue weighted by Crippen LogP contribution is -2.07. The molecule has 3 rings (SSSR count). The van der Waals surface area contributed by atoms with Gasteiger partial charge in [-0.2, -0.15) is 0 Å². The lowest BCUT2D eigenvalue weighted by molar-refractivity contribution is 0.757. The van der Waals surface area contributed by atoms with Crippen LogP contribution in [0.3, 0.4) is 0 Å². The molecule has 0 saturated heterocycles. The summed E-state index contributed by atoms with van der Waals surface area (Å²) in [5.74, 6) is 1.78. The Bertz CT molecular complexity index is 662. The predicted molar refractivity (Wildman–Crippen MR) is 101 cm³/mol. The maximum Gasteiger partial charge on any atom is 0.00954 e. The van der Waals surface area contributed by atoms with E-state index in [1.54, 1.807) is 33.4 Å². The van der Waals surface area contributed by atoms with E-state index < -0.39 is 0 Å². The van der Waals surface area contributed by atoms with Gasteiger partial charge in [-0.3, -0.25) is 0 Å². The smallest absolute Gasteiger partial charge is 0.00954 e. The molecule has 0 heterocycles. The minimum atomic E-state index is 0.590. The zero-order valence-corrected chi connectivity index (χ0v) is 15.3. The molecule has 0 radical (unpaired) electrons. The van der Waals surface area contributed by atoms with Gasteiger partial charge in [0.25, 0.3) is 0 Å². The molecule has 122 valence electrons. The van der Waals surface area contributed by atoms with Gasteiger partial charge in [-0.15, -0.1) is 0 Å². The van der Waals surface area contributed by atoms with Crippen LogP contribution < -0.4 is 0 Å². The molecule has 2 aromatic carbocycles. The van der Waals surface area contributed by atoms with Gasteiger partial charge in [0.1, 0.15) is 0 Å². The maximum atomic E-state index is 2.52. The zero-order valence-electron chi connectivity index (χ0n) is 15.3. The van der Waals surface area contributed by atoms with Crippen molar-refractivity contribution >= 4 is 0 Å². The molecule has 0 aliphatic heterocycles. The molecule has 0 aromatic heterocycles. The maximum absolute atomic E-state index is 2.52. The summed E-state index contributed by atoms with van der Waals surface area (Å²) < 4.78 is 0. The third-order valence-corrected chi connectivity index (χ3v) is 5.47. The first-order chi connectivity index (χ1) is 11.0. The van der Waals surface area contributed by atoms with Gasteiger partial charge in [0.05, 0.1) is 0 Å². The van der Waals surface area contributed by atoms with Gasteiger partial charge in [-0.05, 0) is 64.5 Å². The first kappa shape index (κ1) is 16.3. The van der Waals surface area contributed by atoms with Crippen molar-refractivity contribution < 1.29 is 0 Å². The number of benzene rings is 2. The van der Waals surface area contributed by atoms with Crippen LogP contribution in [0.2, 0.25) is 0 Å². The van der Waals surface area contributed by atoms with Crippen LogP contribution >= 0.6 is 0 Å². The average Bonchev–Trinajstić information content (AvgIpc) is 2.97. The van der Waals surface area contributed by atoms with Gasteiger partial charge < -0.3 is 0 Å². The van der Waals surface area contributed by atoms with Crippen molar-refractivity contribution in [1.82, 2.24) is 0 Å². The number of hydrogen-bond donors (Lipinski definition) is 0. The molecule has 0 fully saturated rings. The Morgan fingerprint density at radius 1 is 0.957 bits per heavy atom. The minimum Gasteiger partial charge on any atom is -0.0620 e. The van der Waals surface area contributed by atoms with Crippen molar-refractivity contribution in [3.63, 3.8) is 0 Å². The molecule has 1 unspecified atom stereocenters. The summed E-state index contributed by atoms with van der Waals surface area (Å²) in [7, 11) is 0.